The molecule has 0 aromatic heterocycles. The Labute approximate surface area is 103 Å². The van der Waals surface area contributed by atoms with Gasteiger partial charge in [-0.2, -0.15) is 0 Å². The third-order valence-corrected chi connectivity index (χ3v) is 2.75. The normalized spacial score (nSPS) is 13.1. The molecule has 0 N–H and O–H groups in total. The summed E-state index contributed by atoms with van der Waals surface area (Å²) in [7, 11) is 0. The lowest BCUT2D eigenvalue weighted by molar-refractivity contribution is -0.385. The molecular weight excluding hydrogens is 230 g/mol. The first kappa shape index (κ1) is 10.5. The highest BCUT2D eigenvalue weighted by molar-refractivity contribution is 5.98. The molecule has 2 aromatic rings. The summed E-state index contributed by atoms with van der Waals surface area (Å²) in [5.74, 6) is 1.30. The number of para-hydroxylation sites is 1. The van der Waals surface area contributed by atoms with Gasteiger partial charge in [-0.1, -0.05) is 42.5 Å². The molecule has 0 radical (unpaired) electrons. The van der Waals surface area contributed by atoms with E-state index < -0.39 is 4.92 Å². The summed E-state index contributed by atoms with van der Waals surface area (Å²) in [6, 6.07) is 16.1. The largest absolute Gasteiger partial charge is 0.448 e. The Hall–Kier alpha value is -2.62. The van der Waals surface area contributed by atoms with Gasteiger partial charge in [0.15, 0.2) is 11.5 Å². The van der Waals surface area contributed by atoms with Crippen LogP contribution in [0.3, 0.4) is 0 Å². The summed E-state index contributed by atoms with van der Waals surface area (Å²) in [5, 5.41) is 10.9. The van der Waals surface area contributed by atoms with Crippen molar-refractivity contribution < 1.29 is 9.66 Å². The second kappa shape index (κ2) is 4.00. The lowest BCUT2D eigenvalue weighted by atomic mass is 10.1. The van der Waals surface area contributed by atoms with Crippen molar-refractivity contribution in [3.8, 4) is 0 Å². The molecule has 0 atom stereocenters. The first-order valence-electron chi connectivity index (χ1n) is 5.49. The first-order chi connectivity index (χ1) is 8.77. The van der Waals surface area contributed by atoms with Gasteiger partial charge in [0.05, 0.1) is 10.5 Å². The van der Waals surface area contributed by atoms with Gasteiger partial charge in [0.2, 0.25) is 0 Å². The second-order valence-electron chi connectivity index (χ2n) is 3.90. The number of ether oxygens (including phenoxy) is 1. The van der Waals surface area contributed by atoms with Gasteiger partial charge in [-0.25, -0.2) is 0 Å². The van der Waals surface area contributed by atoms with Crippen molar-refractivity contribution in [2.45, 2.75) is 0 Å². The van der Waals surface area contributed by atoms with Crippen molar-refractivity contribution in [3.05, 3.63) is 75.8 Å². The summed E-state index contributed by atoms with van der Waals surface area (Å²) < 4.78 is 5.41. The highest BCUT2D eigenvalue weighted by atomic mass is 16.6. The van der Waals surface area contributed by atoms with E-state index in [9.17, 15) is 10.1 Å². The van der Waals surface area contributed by atoms with E-state index in [1.807, 2.05) is 30.3 Å². The number of hydrogen-bond donors (Lipinski definition) is 0. The summed E-state index contributed by atoms with van der Waals surface area (Å²) in [6.45, 7) is 0. The summed E-state index contributed by atoms with van der Waals surface area (Å²) >= 11 is 0. The van der Waals surface area contributed by atoms with E-state index >= 15 is 0 Å². The molecule has 88 valence electrons. The fourth-order valence-corrected chi connectivity index (χ4v) is 1.86. The Balaban J connectivity index is 2.04. The lowest BCUT2D eigenvalue weighted by Crippen LogP contribution is -1.91. The van der Waals surface area contributed by atoms with Crippen LogP contribution in [-0.4, -0.2) is 4.92 Å². The molecule has 4 heteroatoms. The van der Waals surface area contributed by atoms with Crippen LogP contribution in [0.15, 0.2) is 54.6 Å². The van der Waals surface area contributed by atoms with Crippen LogP contribution in [0.5, 0.6) is 0 Å². The molecule has 0 amide bonds. The van der Waals surface area contributed by atoms with Gasteiger partial charge in [0.1, 0.15) is 0 Å². The molecule has 0 fully saturated rings. The van der Waals surface area contributed by atoms with E-state index in [2.05, 4.69) is 0 Å². The molecule has 2 aromatic carbocycles. The highest BCUT2D eigenvalue weighted by Gasteiger charge is 2.33. The van der Waals surface area contributed by atoms with Crippen LogP contribution < -0.4 is 0 Å². The maximum atomic E-state index is 10.9. The van der Waals surface area contributed by atoms with E-state index in [4.69, 9.17) is 4.74 Å². The maximum Gasteiger partial charge on any atom is 0.280 e. The Morgan fingerprint density at radius 2 is 1.56 bits per heavy atom. The number of nitrogens with zero attached hydrogens (tertiary/aromatic N) is 1. The molecule has 0 saturated carbocycles. The Morgan fingerprint density at radius 3 is 2.28 bits per heavy atom. The number of rotatable bonds is 3. The maximum absolute atomic E-state index is 10.9. The predicted octanol–water partition coefficient (Wildman–Crippen LogP) is 3.45. The van der Waals surface area contributed by atoms with E-state index in [1.54, 1.807) is 18.2 Å². The summed E-state index contributed by atoms with van der Waals surface area (Å²) in [6.07, 6.45) is 0. The molecule has 4 nitrogen and oxygen atoms in total. The fraction of sp³-hybridized carbons (Fsp3) is 0. The first-order valence-corrected chi connectivity index (χ1v) is 5.49. The van der Waals surface area contributed by atoms with Crippen molar-refractivity contribution in [2.75, 3.05) is 0 Å². The van der Waals surface area contributed by atoms with Gasteiger partial charge in [0.25, 0.3) is 5.69 Å². The number of nitro groups is 1. The second-order valence-corrected chi connectivity index (χ2v) is 3.90. The Morgan fingerprint density at radius 1 is 0.889 bits per heavy atom. The van der Waals surface area contributed by atoms with Gasteiger partial charge >= 0.3 is 0 Å². The van der Waals surface area contributed by atoms with Crippen molar-refractivity contribution in [3.63, 3.8) is 0 Å². The van der Waals surface area contributed by atoms with Crippen molar-refractivity contribution >= 4 is 17.2 Å². The fourth-order valence-electron chi connectivity index (χ4n) is 1.86. The zero-order valence-corrected chi connectivity index (χ0v) is 9.37. The molecule has 0 unspecified atom stereocenters. The van der Waals surface area contributed by atoms with Gasteiger partial charge in [-0.05, 0) is 6.07 Å². The van der Waals surface area contributed by atoms with Crippen LogP contribution in [-0.2, 0) is 4.74 Å². The monoisotopic (exact) mass is 239 g/mol. The summed E-state index contributed by atoms with van der Waals surface area (Å²) in [5.41, 5.74) is 1.53. The topological polar surface area (TPSA) is 55.7 Å². The van der Waals surface area contributed by atoms with Crippen molar-refractivity contribution in [2.24, 2.45) is 0 Å². The Kier molecular flexibility index (Phi) is 2.34. The third kappa shape index (κ3) is 1.73. The van der Waals surface area contributed by atoms with Crippen LogP contribution in [0, 0.1) is 10.1 Å². The minimum atomic E-state index is -0.396. The average Bonchev–Trinajstić information content (AvgIpc) is 3.20. The zero-order valence-electron chi connectivity index (χ0n) is 9.37. The molecule has 0 spiro atoms. The molecule has 18 heavy (non-hydrogen) atoms. The summed E-state index contributed by atoms with van der Waals surface area (Å²) in [4.78, 5) is 10.5. The number of benzene rings is 2. The SMILES string of the molecule is O=[N+]([O-])c1ccccc1C1=C(c2ccccc2)O1. The molecule has 1 heterocycles. The molecule has 0 aliphatic carbocycles. The van der Waals surface area contributed by atoms with Crippen LogP contribution in [0.1, 0.15) is 11.1 Å². The lowest BCUT2D eigenvalue weighted by Gasteiger charge is -1.94. The molecule has 3 rings (SSSR count). The number of nitro benzene ring substituents is 1. The molecule has 1 aliphatic heterocycles. The predicted molar refractivity (Wildman–Crippen MR) is 67.4 cm³/mol. The molecule has 0 saturated heterocycles. The number of hydrogen-bond acceptors (Lipinski definition) is 3. The van der Waals surface area contributed by atoms with Gasteiger partial charge in [0, 0.05) is 11.6 Å². The van der Waals surface area contributed by atoms with Gasteiger partial charge < -0.3 is 4.74 Å². The quantitative estimate of drug-likeness (QED) is 0.608. The van der Waals surface area contributed by atoms with E-state index in [0.717, 1.165) is 5.56 Å². The molecule has 1 aliphatic rings. The van der Waals surface area contributed by atoms with Crippen molar-refractivity contribution in [1.82, 2.24) is 0 Å². The molecular formula is C14H9NO3. The van der Waals surface area contributed by atoms with Crippen LogP contribution >= 0.6 is 0 Å². The van der Waals surface area contributed by atoms with Gasteiger partial charge in [-0.3, -0.25) is 10.1 Å². The Bertz CT molecular complexity index is 647. The molecule has 0 bridgehead atoms. The minimum Gasteiger partial charge on any atom is -0.448 e. The van der Waals surface area contributed by atoms with E-state index in [-0.39, 0.29) is 5.69 Å². The minimum absolute atomic E-state index is 0.0680. The van der Waals surface area contributed by atoms with Crippen LogP contribution in [0.4, 0.5) is 5.69 Å². The highest BCUT2D eigenvalue weighted by Crippen LogP contribution is 2.45. The van der Waals surface area contributed by atoms with E-state index in [1.165, 1.54) is 6.07 Å². The average molecular weight is 239 g/mol. The van der Waals surface area contributed by atoms with Crippen molar-refractivity contribution in [1.29, 1.82) is 0 Å². The van der Waals surface area contributed by atoms with E-state index in [0.29, 0.717) is 17.1 Å². The zero-order chi connectivity index (χ0) is 12.5. The standard InChI is InChI=1S/C14H9NO3/c16-15(17)12-9-5-4-8-11(12)14-13(18-14)10-6-2-1-3-7-10/h1-9H. The third-order valence-electron chi connectivity index (χ3n) is 2.75. The van der Waals surface area contributed by atoms with Gasteiger partial charge in [-0.15, -0.1) is 0 Å². The van der Waals surface area contributed by atoms with Crippen LogP contribution in [0.25, 0.3) is 11.5 Å². The smallest absolute Gasteiger partial charge is 0.280 e. The van der Waals surface area contributed by atoms with Crippen LogP contribution in [0.2, 0.25) is 0 Å².